The minimum Gasteiger partial charge on any atom is -0.422 e. The first-order valence-electron chi connectivity index (χ1n) is 12.5. The molecule has 6 aromatic rings. The van der Waals surface area contributed by atoms with Crippen LogP contribution in [0.15, 0.2) is 118 Å². The van der Waals surface area contributed by atoms with Gasteiger partial charge >= 0.3 is 5.63 Å². The second-order valence-corrected chi connectivity index (χ2v) is 9.55. The molecule has 2 aromatic heterocycles. The highest BCUT2D eigenvalue weighted by atomic mass is 16.4. The number of benzene rings is 4. The van der Waals surface area contributed by atoms with Gasteiger partial charge in [-0.1, -0.05) is 84.9 Å². The summed E-state index contributed by atoms with van der Waals surface area (Å²) in [5, 5.41) is 0.917. The van der Waals surface area contributed by atoms with Crippen molar-refractivity contribution in [3.63, 3.8) is 0 Å². The Morgan fingerprint density at radius 3 is 2.19 bits per heavy atom. The summed E-state index contributed by atoms with van der Waals surface area (Å²) in [5.74, 6) is 0. The number of nitrogens with zero attached hydrogens (tertiary/aromatic N) is 1. The molecule has 0 N–H and O–H groups in total. The number of hydrogen-bond acceptors (Lipinski definition) is 3. The minimum atomic E-state index is -0.317. The van der Waals surface area contributed by atoms with Crippen LogP contribution in [0.5, 0.6) is 0 Å². The highest BCUT2D eigenvalue weighted by Gasteiger charge is 2.24. The molecule has 1 aliphatic rings. The summed E-state index contributed by atoms with van der Waals surface area (Å²) in [4.78, 5) is 18.1. The topological polar surface area (TPSA) is 43.1 Å². The van der Waals surface area contributed by atoms with E-state index in [1.54, 1.807) is 0 Å². The summed E-state index contributed by atoms with van der Waals surface area (Å²) < 4.78 is 5.76. The zero-order valence-electron chi connectivity index (χ0n) is 20.4. The van der Waals surface area contributed by atoms with Gasteiger partial charge in [-0.3, -0.25) is 0 Å². The van der Waals surface area contributed by atoms with Crippen LogP contribution in [0.1, 0.15) is 16.7 Å². The Balaban J connectivity index is 1.46. The third-order valence-corrected chi connectivity index (χ3v) is 7.37. The Morgan fingerprint density at radius 2 is 1.41 bits per heavy atom. The van der Waals surface area contributed by atoms with Crippen molar-refractivity contribution in [2.45, 2.75) is 13.3 Å². The quantitative estimate of drug-likeness (QED) is 0.242. The average molecular weight is 478 g/mol. The van der Waals surface area contributed by atoms with E-state index in [1.807, 2.05) is 55.5 Å². The molecule has 0 radical (unpaired) electrons. The first kappa shape index (κ1) is 21.5. The van der Waals surface area contributed by atoms with Gasteiger partial charge in [0.1, 0.15) is 5.58 Å². The van der Waals surface area contributed by atoms with Gasteiger partial charge in [0.2, 0.25) is 0 Å². The van der Waals surface area contributed by atoms with Crippen molar-refractivity contribution in [1.82, 2.24) is 4.98 Å². The molecule has 0 aliphatic heterocycles. The Kier molecular flexibility index (Phi) is 4.90. The predicted molar refractivity (Wildman–Crippen MR) is 150 cm³/mol. The molecule has 0 fully saturated rings. The molecule has 0 bridgehead atoms. The van der Waals surface area contributed by atoms with Crippen LogP contribution in [0.3, 0.4) is 0 Å². The summed E-state index contributed by atoms with van der Waals surface area (Å²) >= 11 is 0. The maximum atomic E-state index is 12.9. The van der Waals surface area contributed by atoms with Gasteiger partial charge in [0.05, 0.1) is 17.0 Å². The van der Waals surface area contributed by atoms with Crippen molar-refractivity contribution in [1.29, 1.82) is 0 Å². The summed E-state index contributed by atoms with van der Waals surface area (Å²) in [5.41, 5.74) is 11.8. The SMILES string of the molecule is Cc1c(-c2ccccc2)c(=O)oc2ccc(-c3cc(-c4ccccc4)c4c(n3)-c3ccccc3C4)cc12. The Labute approximate surface area is 214 Å². The van der Waals surface area contributed by atoms with Crippen molar-refractivity contribution in [3.8, 4) is 44.8 Å². The van der Waals surface area contributed by atoms with Crippen molar-refractivity contribution in [2.24, 2.45) is 0 Å². The summed E-state index contributed by atoms with van der Waals surface area (Å²) in [7, 11) is 0. The van der Waals surface area contributed by atoms with E-state index in [-0.39, 0.29) is 5.63 Å². The van der Waals surface area contributed by atoms with Crippen LogP contribution >= 0.6 is 0 Å². The molecule has 0 unspecified atom stereocenters. The van der Waals surface area contributed by atoms with Gasteiger partial charge in [-0.15, -0.1) is 0 Å². The summed E-state index contributed by atoms with van der Waals surface area (Å²) in [6.45, 7) is 1.99. The van der Waals surface area contributed by atoms with Gasteiger partial charge in [0.15, 0.2) is 0 Å². The van der Waals surface area contributed by atoms with Crippen molar-refractivity contribution in [3.05, 3.63) is 136 Å². The highest BCUT2D eigenvalue weighted by Crippen LogP contribution is 2.42. The smallest absolute Gasteiger partial charge is 0.344 e. The lowest BCUT2D eigenvalue weighted by Gasteiger charge is -2.13. The fourth-order valence-corrected chi connectivity index (χ4v) is 5.54. The summed E-state index contributed by atoms with van der Waals surface area (Å²) in [6.07, 6.45) is 0.880. The molecular formula is C34H23NO2. The molecule has 37 heavy (non-hydrogen) atoms. The van der Waals surface area contributed by atoms with E-state index in [0.717, 1.165) is 39.9 Å². The molecule has 3 nitrogen and oxygen atoms in total. The predicted octanol–water partition coefficient (Wildman–Crippen LogP) is 8.07. The van der Waals surface area contributed by atoms with Crippen LogP contribution in [-0.2, 0) is 6.42 Å². The lowest BCUT2D eigenvalue weighted by Crippen LogP contribution is -2.06. The van der Waals surface area contributed by atoms with Crippen LogP contribution in [0.25, 0.3) is 55.7 Å². The molecule has 4 aromatic carbocycles. The Bertz CT molecular complexity index is 1870. The van der Waals surface area contributed by atoms with E-state index in [0.29, 0.717) is 11.1 Å². The first-order chi connectivity index (χ1) is 18.2. The number of aromatic nitrogens is 1. The van der Waals surface area contributed by atoms with Gasteiger partial charge in [0.25, 0.3) is 0 Å². The lowest BCUT2D eigenvalue weighted by atomic mass is 9.95. The van der Waals surface area contributed by atoms with Gasteiger partial charge in [-0.25, -0.2) is 9.78 Å². The van der Waals surface area contributed by atoms with Gasteiger partial charge in [-0.05, 0) is 64.6 Å². The second kappa shape index (κ2) is 8.42. The monoisotopic (exact) mass is 477 g/mol. The molecule has 0 atom stereocenters. The highest BCUT2D eigenvalue weighted by molar-refractivity contribution is 5.91. The Hall–Kier alpha value is -4.76. The summed E-state index contributed by atoms with van der Waals surface area (Å²) in [6, 6.07) is 37.0. The van der Waals surface area contributed by atoms with Crippen LogP contribution in [0.2, 0.25) is 0 Å². The third-order valence-electron chi connectivity index (χ3n) is 7.37. The van der Waals surface area contributed by atoms with Crippen molar-refractivity contribution < 1.29 is 4.42 Å². The average Bonchev–Trinajstić information content (AvgIpc) is 3.32. The standard InChI is InChI=1S/C34H23NO2/c1-21-27-19-25(16-17-31(27)37-34(36)32(21)23-12-6-3-7-13-23)30-20-28(22-10-4-2-5-11-22)29-18-24-14-8-9-15-26(24)33(29)35-30/h2-17,19-20H,18H2,1H3. The van der Waals surface area contributed by atoms with E-state index < -0.39 is 0 Å². The number of pyridine rings is 1. The number of aryl methyl sites for hydroxylation is 1. The van der Waals surface area contributed by atoms with Gasteiger partial charge in [0, 0.05) is 22.9 Å². The largest absolute Gasteiger partial charge is 0.422 e. The molecule has 0 spiro atoms. The molecule has 0 amide bonds. The van der Waals surface area contributed by atoms with E-state index >= 15 is 0 Å². The first-order valence-corrected chi connectivity index (χ1v) is 12.5. The molecule has 0 saturated carbocycles. The van der Waals surface area contributed by atoms with Crippen LogP contribution in [0, 0.1) is 6.92 Å². The molecule has 7 rings (SSSR count). The number of hydrogen-bond donors (Lipinski definition) is 0. The van der Waals surface area contributed by atoms with Crippen LogP contribution in [0.4, 0.5) is 0 Å². The van der Waals surface area contributed by atoms with Crippen LogP contribution < -0.4 is 5.63 Å². The van der Waals surface area contributed by atoms with Gasteiger partial charge in [-0.2, -0.15) is 0 Å². The fraction of sp³-hybridized carbons (Fsp3) is 0.0588. The van der Waals surface area contributed by atoms with E-state index in [4.69, 9.17) is 9.40 Å². The molecule has 2 heterocycles. The minimum absolute atomic E-state index is 0.317. The fourth-order valence-electron chi connectivity index (χ4n) is 5.54. The van der Waals surface area contributed by atoms with Gasteiger partial charge < -0.3 is 4.42 Å². The van der Waals surface area contributed by atoms with E-state index in [2.05, 4.69) is 60.7 Å². The molecule has 3 heteroatoms. The number of fused-ring (bicyclic) bond motifs is 4. The molecular weight excluding hydrogens is 454 g/mol. The lowest BCUT2D eigenvalue weighted by molar-refractivity contribution is 0.562. The Morgan fingerprint density at radius 1 is 0.703 bits per heavy atom. The zero-order chi connectivity index (χ0) is 24.9. The zero-order valence-corrected chi connectivity index (χ0v) is 20.4. The maximum absolute atomic E-state index is 12.9. The van der Waals surface area contributed by atoms with Crippen LogP contribution in [-0.4, -0.2) is 4.98 Å². The molecule has 176 valence electrons. The normalized spacial score (nSPS) is 11.9. The van der Waals surface area contributed by atoms with E-state index in [1.165, 1.54) is 27.8 Å². The molecule has 1 aliphatic carbocycles. The van der Waals surface area contributed by atoms with E-state index in [9.17, 15) is 4.79 Å². The van der Waals surface area contributed by atoms with Crippen molar-refractivity contribution >= 4 is 11.0 Å². The number of rotatable bonds is 3. The van der Waals surface area contributed by atoms with Crippen molar-refractivity contribution in [2.75, 3.05) is 0 Å². The third kappa shape index (κ3) is 3.51. The molecule has 0 saturated heterocycles. The second-order valence-electron chi connectivity index (χ2n) is 9.55. The maximum Gasteiger partial charge on any atom is 0.344 e.